The minimum absolute atomic E-state index is 0.0464. The van der Waals surface area contributed by atoms with Crippen LogP contribution in [-0.2, 0) is 17.7 Å². The number of carboxylic acid groups (broad SMARTS) is 1. The highest BCUT2D eigenvalue weighted by Crippen LogP contribution is 2.28. The van der Waals surface area contributed by atoms with Gasteiger partial charge in [-0.3, -0.25) is 14.6 Å². The van der Waals surface area contributed by atoms with Crippen molar-refractivity contribution in [2.45, 2.75) is 33.2 Å². The molecule has 0 saturated heterocycles. The summed E-state index contributed by atoms with van der Waals surface area (Å²) in [6.45, 7) is 4.50. The fourth-order valence-corrected chi connectivity index (χ4v) is 3.67. The van der Waals surface area contributed by atoms with E-state index in [4.69, 9.17) is 9.84 Å². The van der Waals surface area contributed by atoms with Gasteiger partial charge in [-0.25, -0.2) is 9.59 Å². The quantitative estimate of drug-likeness (QED) is 0.445. The summed E-state index contributed by atoms with van der Waals surface area (Å²) in [4.78, 5) is 37.0. The number of carbonyl (C=O) groups is 3. The first-order valence-electron chi connectivity index (χ1n) is 10.6. The molecule has 0 fully saturated rings. The second-order valence-corrected chi connectivity index (χ2v) is 7.58. The molecule has 0 bridgehead atoms. The third-order valence-electron chi connectivity index (χ3n) is 5.06. The monoisotopic (exact) mass is 453 g/mol. The molecule has 0 atom stereocenters. The molecule has 0 unspecified atom stereocenters. The van der Waals surface area contributed by atoms with Crippen molar-refractivity contribution in [3.63, 3.8) is 0 Å². The lowest BCUT2D eigenvalue weighted by molar-refractivity contribution is 0.0516. The van der Waals surface area contributed by atoms with E-state index in [0.717, 1.165) is 16.7 Å². The van der Waals surface area contributed by atoms with Crippen LogP contribution in [0.15, 0.2) is 36.0 Å². The molecule has 0 spiro atoms. The van der Waals surface area contributed by atoms with E-state index in [0.29, 0.717) is 37.1 Å². The van der Waals surface area contributed by atoms with E-state index in [1.807, 2.05) is 38.2 Å². The third-order valence-corrected chi connectivity index (χ3v) is 5.06. The Labute approximate surface area is 190 Å². The van der Waals surface area contributed by atoms with Gasteiger partial charge in [0.25, 0.3) is 0 Å². The number of benzene rings is 1. The zero-order chi connectivity index (χ0) is 24.1. The molecule has 3 aromatic rings. The van der Waals surface area contributed by atoms with Gasteiger partial charge >= 0.3 is 11.9 Å². The van der Waals surface area contributed by atoms with Gasteiger partial charge in [0.15, 0.2) is 11.4 Å². The summed E-state index contributed by atoms with van der Waals surface area (Å²) in [5, 5.41) is 19.9. The number of rotatable bonds is 5. The molecule has 33 heavy (non-hydrogen) atoms. The van der Waals surface area contributed by atoms with E-state index in [9.17, 15) is 14.4 Å². The van der Waals surface area contributed by atoms with Crippen LogP contribution in [0.2, 0.25) is 0 Å². The molecule has 10 heteroatoms. The van der Waals surface area contributed by atoms with Gasteiger partial charge < -0.3 is 14.7 Å². The maximum atomic E-state index is 12.6. The lowest BCUT2D eigenvalue weighted by Gasteiger charge is -2.17. The first kappa shape index (κ1) is 23.7. The van der Waals surface area contributed by atoms with Gasteiger partial charge in [0, 0.05) is 43.4 Å². The van der Waals surface area contributed by atoms with E-state index >= 15 is 0 Å². The maximum absolute atomic E-state index is 12.6. The van der Waals surface area contributed by atoms with E-state index < -0.39 is 11.9 Å². The van der Waals surface area contributed by atoms with Crippen molar-refractivity contribution in [1.29, 1.82) is 0 Å². The number of para-hydroxylation sites is 1. The Morgan fingerprint density at radius 2 is 1.94 bits per heavy atom. The molecular weight excluding hydrogens is 426 g/mol. The van der Waals surface area contributed by atoms with E-state index in [-0.39, 0.29) is 17.2 Å². The number of Topliss-reactive ketones (excluding diaryl/α,β-unsaturated/α-hetero) is 1. The number of nitrogens with zero attached hydrogens (tertiary/aromatic N) is 4. The van der Waals surface area contributed by atoms with E-state index in [2.05, 4.69) is 15.3 Å². The summed E-state index contributed by atoms with van der Waals surface area (Å²) in [5.41, 5.74) is 3.10. The number of carbonyl (C=O) groups excluding carboxylic acids is 2. The number of nitrogens with one attached hydrogen (secondary N) is 1. The van der Waals surface area contributed by atoms with Crippen molar-refractivity contribution >= 4 is 28.6 Å². The Morgan fingerprint density at radius 3 is 2.58 bits per heavy atom. The SMILES string of the molecule is CCOC(=O)c1nn(CC)c2c1CCC(=CN(C)C)C2=O.O=C(O)c1n[nH]c2ccccc12. The average molecular weight is 453 g/mol. The largest absolute Gasteiger partial charge is 0.476 e. The number of ketones is 1. The molecular formula is C23H27N5O5. The van der Waals surface area contributed by atoms with Crippen molar-refractivity contribution in [3.8, 4) is 0 Å². The van der Waals surface area contributed by atoms with Crippen LogP contribution >= 0.6 is 0 Å². The Bertz CT molecular complexity index is 1220. The Balaban J connectivity index is 0.000000215. The van der Waals surface area contributed by atoms with E-state index in [1.165, 1.54) is 0 Å². The molecule has 4 rings (SSSR count). The predicted molar refractivity (Wildman–Crippen MR) is 121 cm³/mol. The van der Waals surface area contributed by atoms with Crippen molar-refractivity contribution < 1.29 is 24.2 Å². The van der Waals surface area contributed by atoms with Crippen LogP contribution in [-0.4, -0.2) is 68.4 Å². The third kappa shape index (κ3) is 4.94. The number of esters is 1. The van der Waals surface area contributed by atoms with Gasteiger partial charge in [-0.15, -0.1) is 0 Å². The number of hydrogen-bond acceptors (Lipinski definition) is 7. The molecule has 2 heterocycles. The number of allylic oxidation sites excluding steroid dienone is 1. The zero-order valence-electron chi connectivity index (χ0n) is 19.1. The number of aromatic amines is 1. The first-order valence-corrected chi connectivity index (χ1v) is 10.6. The van der Waals surface area contributed by atoms with Crippen LogP contribution in [0.3, 0.4) is 0 Å². The van der Waals surface area contributed by atoms with Crippen molar-refractivity contribution in [2.24, 2.45) is 0 Å². The molecule has 1 aliphatic carbocycles. The normalized spacial score (nSPS) is 13.9. The van der Waals surface area contributed by atoms with Crippen LogP contribution in [0.4, 0.5) is 0 Å². The van der Waals surface area contributed by atoms with Crippen molar-refractivity contribution in [2.75, 3.05) is 20.7 Å². The molecule has 0 saturated carbocycles. The highest BCUT2D eigenvalue weighted by molar-refractivity contribution is 6.11. The molecule has 1 aliphatic rings. The number of aryl methyl sites for hydroxylation is 1. The number of aromatic carboxylic acids is 1. The van der Waals surface area contributed by atoms with Crippen LogP contribution < -0.4 is 0 Å². The number of carboxylic acids is 1. The van der Waals surface area contributed by atoms with E-state index in [1.54, 1.807) is 29.8 Å². The summed E-state index contributed by atoms with van der Waals surface area (Å²) in [5.74, 6) is -1.50. The maximum Gasteiger partial charge on any atom is 0.359 e. The van der Waals surface area contributed by atoms with Gasteiger partial charge in [0.1, 0.15) is 5.69 Å². The molecule has 174 valence electrons. The lowest BCUT2D eigenvalue weighted by Crippen LogP contribution is -2.20. The van der Waals surface area contributed by atoms with Gasteiger partial charge in [-0.05, 0) is 32.8 Å². The second-order valence-electron chi connectivity index (χ2n) is 7.58. The minimum atomic E-state index is -1.01. The predicted octanol–water partition coefficient (Wildman–Crippen LogP) is 2.92. The van der Waals surface area contributed by atoms with Gasteiger partial charge in [-0.1, -0.05) is 18.2 Å². The smallest absolute Gasteiger partial charge is 0.359 e. The number of H-pyrrole nitrogens is 1. The fourth-order valence-electron chi connectivity index (χ4n) is 3.67. The summed E-state index contributed by atoms with van der Waals surface area (Å²) < 4.78 is 6.63. The Kier molecular flexibility index (Phi) is 7.27. The summed E-state index contributed by atoms with van der Waals surface area (Å²) >= 11 is 0. The average Bonchev–Trinajstić information content (AvgIpc) is 3.38. The first-order chi connectivity index (χ1) is 15.8. The number of hydrogen-bond donors (Lipinski definition) is 2. The summed E-state index contributed by atoms with van der Waals surface area (Å²) in [6, 6.07) is 7.12. The van der Waals surface area contributed by atoms with Gasteiger partial charge in [0.2, 0.25) is 5.78 Å². The summed E-state index contributed by atoms with van der Waals surface area (Å²) in [7, 11) is 3.77. The topological polar surface area (TPSA) is 130 Å². The molecule has 0 radical (unpaired) electrons. The van der Waals surface area contributed by atoms with Crippen LogP contribution in [0.1, 0.15) is 57.3 Å². The highest BCUT2D eigenvalue weighted by Gasteiger charge is 2.32. The molecule has 0 aliphatic heterocycles. The lowest BCUT2D eigenvalue weighted by atomic mass is 9.90. The van der Waals surface area contributed by atoms with Gasteiger partial charge in [-0.2, -0.15) is 10.2 Å². The Morgan fingerprint density at radius 1 is 1.21 bits per heavy atom. The highest BCUT2D eigenvalue weighted by atomic mass is 16.5. The molecule has 2 N–H and O–H groups in total. The van der Waals surface area contributed by atoms with Crippen LogP contribution in [0.5, 0.6) is 0 Å². The number of ether oxygens (including phenoxy) is 1. The van der Waals surface area contributed by atoms with Crippen molar-refractivity contribution in [3.05, 3.63) is 58.7 Å². The standard InChI is InChI=1S/C15H21N3O3.C8H6N2O2/c1-5-18-13-11(12(16-18)15(20)21-6-2)8-7-10(14(13)19)9-17(3)4;11-8(12)7-5-3-1-2-4-6(5)9-10-7/h9H,5-8H2,1-4H3;1-4H,(H,9,10)(H,11,12). The molecule has 1 aromatic carbocycles. The Hall–Kier alpha value is -3.95. The molecule has 10 nitrogen and oxygen atoms in total. The fraction of sp³-hybridized carbons (Fsp3) is 0.348. The minimum Gasteiger partial charge on any atom is -0.476 e. The number of aromatic nitrogens is 4. The van der Waals surface area contributed by atoms with Gasteiger partial charge in [0.05, 0.1) is 12.1 Å². The van der Waals surface area contributed by atoms with Crippen LogP contribution in [0.25, 0.3) is 10.9 Å². The zero-order valence-corrected chi connectivity index (χ0v) is 19.1. The second kappa shape index (κ2) is 10.1. The molecule has 0 amide bonds. The number of fused-ring (bicyclic) bond motifs is 2. The van der Waals surface area contributed by atoms with Crippen LogP contribution in [0, 0.1) is 0 Å². The molecule has 2 aromatic heterocycles. The summed E-state index contributed by atoms with van der Waals surface area (Å²) in [6.07, 6.45) is 3.09. The van der Waals surface area contributed by atoms with Crippen molar-refractivity contribution in [1.82, 2.24) is 24.9 Å².